The number of hydrogen-bond donors (Lipinski definition) is 0. The first kappa shape index (κ1) is 18.1. The first-order valence-electron chi connectivity index (χ1n) is 6.48. The number of pyridine rings is 1. The number of nitro groups is 1. The predicted molar refractivity (Wildman–Crippen MR) is 73.8 cm³/mol. The molecule has 0 aliphatic carbocycles. The number of benzene rings is 1. The van der Waals surface area contributed by atoms with Crippen LogP contribution < -0.4 is 9.47 Å². The lowest BCUT2D eigenvalue weighted by Crippen LogP contribution is -2.21. The lowest BCUT2D eigenvalue weighted by Gasteiger charge is -2.11. The fourth-order valence-electron chi connectivity index (χ4n) is 1.69. The van der Waals surface area contributed by atoms with E-state index in [0.29, 0.717) is 6.07 Å². The number of alkyl halides is 3. The SMILES string of the molecule is O=C(Oc1cc(F)ccc1[N+](=O)[O-])c1cccnc1OCC(F)(F)F. The van der Waals surface area contributed by atoms with Gasteiger partial charge in [0.2, 0.25) is 11.6 Å². The summed E-state index contributed by atoms with van der Waals surface area (Å²) in [6.07, 6.45) is -3.59. The highest BCUT2D eigenvalue weighted by molar-refractivity contribution is 5.93. The number of ether oxygens (including phenoxy) is 2. The molecule has 0 saturated heterocycles. The van der Waals surface area contributed by atoms with Gasteiger partial charge in [0, 0.05) is 18.3 Å². The summed E-state index contributed by atoms with van der Waals surface area (Å²) in [7, 11) is 0. The van der Waals surface area contributed by atoms with Crippen LogP contribution in [-0.2, 0) is 0 Å². The average Bonchev–Trinajstić information content (AvgIpc) is 2.52. The highest BCUT2D eigenvalue weighted by atomic mass is 19.4. The lowest BCUT2D eigenvalue weighted by molar-refractivity contribution is -0.385. The summed E-state index contributed by atoms with van der Waals surface area (Å²) >= 11 is 0. The molecule has 1 heterocycles. The third kappa shape index (κ3) is 4.86. The van der Waals surface area contributed by atoms with E-state index in [1.807, 2.05) is 0 Å². The van der Waals surface area contributed by atoms with E-state index in [-0.39, 0.29) is 0 Å². The Morgan fingerprint density at radius 1 is 1.28 bits per heavy atom. The molecular weight excluding hydrogens is 352 g/mol. The standard InChI is InChI=1S/C14H8F4N2O5/c15-8-3-4-10(20(22)23)11(6-8)25-13(21)9-2-1-5-19-12(9)24-7-14(16,17)18/h1-6H,7H2. The van der Waals surface area contributed by atoms with E-state index >= 15 is 0 Å². The number of nitrogens with zero attached hydrogens (tertiary/aromatic N) is 2. The lowest BCUT2D eigenvalue weighted by atomic mass is 10.2. The van der Waals surface area contributed by atoms with Gasteiger partial charge >= 0.3 is 17.8 Å². The molecule has 0 N–H and O–H groups in total. The van der Waals surface area contributed by atoms with Crippen LogP contribution in [0.5, 0.6) is 11.6 Å². The molecule has 0 fully saturated rings. The van der Waals surface area contributed by atoms with Gasteiger partial charge in [0.25, 0.3) is 0 Å². The summed E-state index contributed by atoms with van der Waals surface area (Å²) in [6.45, 7) is -1.70. The van der Waals surface area contributed by atoms with Gasteiger partial charge in [-0.2, -0.15) is 13.2 Å². The van der Waals surface area contributed by atoms with Crippen molar-refractivity contribution in [1.29, 1.82) is 0 Å². The van der Waals surface area contributed by atoms with Crippen LogP contribution in [0.25, 0.3) is 0 Å². The summed E-state index contributed by atoms with van der Waals surface area (Å²) < 4.78 is 59.0. The number of halogens is 4. The Hall–Kier alpha value is -3.24. The van der Waals surface area contributed by atoms with Crippen LogP contribution in [0.15, 0.2) is 36.5 Å². The number of carbonyl (C=O) groups excluding carboxylic acids is 1. The monoisotopic (exact) mass is 360 g/mol. The maximum atomic E-state index is 13.2. The second-order valence-corrected chi connectivity index (χ2v) is 4.52. The zero-order chi connectivity index (χ0) is 18.6. The Morgan fingerprint density at radius 3 is 2.64 bits per heavy atom. The number of esters is 1. The number of aromatic nitrogens is 1. The molecule has 25 heavy (non-hydrogen) atoms. The Morgan fingerprint density at radius 2 is 2.00 bits per heavy atom. The van der Waals surface area contributed by atoms with Gasteiger partial charge in [0.1, 0.15) is 11.4 Å². The topological polar surface area (TPSA) is 91.6 Å². The zero-order valence-corrected chi connectivity index (χ0v) is 12.1. The van der Waals surface area contributed by atoms with E-state index < -0.39 is 52.4 Å². The van der Waals surface area contributed by atoms with Crippen LogP contribution in [-0.4, -0.2) is 28.7 Å². The molecule has 11 heteroatoms. The Balaban J connectivity index is 2.28. The van der Waals surface area contributed by atoms with Crippen molar-refractivity contribution in [2.45, 2.75) is 6.18 Å². The zero-order valence-electron chi connectivity index (χ0n) is 12.1. The van der Waals surface area contributed by atoms with Crippen molar-refractivity contribution < 1.29 is 36.8 Å². The van der Waals surface area contributed by atoms with Gasteiger partial charge in [-0.15, -0.1) is 0 Å². The maximum Gasteiger partial charge on any atom is 0.422 e. The smallest absolute Gasteiger partial charge is 0.422 e. The van der Waals surface area contributed by atoms with Crippen LogP contribution in [0, 0.1) is 15.9 Å². The van der Waals surface area contributed by atoms with Gasteiger partial charge in [0.15, 0.2) is 6.61 Å². The van der Waals surface area contributed by atoms with Crippen molar-refractivity contribution in [3.05, 3.63) is 58.0 Å². The van der Waals surface area contributed by atoms with Crippen LogP contribution in [0.2, 0.25) is 0 Å². The fourth-order valence-corrected chi connectivity index (χ4v) is 1.69. The molecule has 2 rings (SSSR count). The molecule has 0 saturated carbocycles. The molecule has 0 atom stereocenters. The predicted octanol–water partition coefficient (Wildman–Crippen LogP) is 3.29. The fraction of sp³-hybridized carbons (Fsp3) is 0.143. The molecule has 0 bridgehead atoms. The second kappa shape index (κ2) is 7.11. The normalized spacial score (nSPS) is 11.0. The molecular formula is C14H8F4N2O5. The van der Waals surface area contributed by atoms with E-state index in [9.17, 15) is 32.5 Å². The molecule has 0 spiro atoms. The summed E-state index contributed by atoms with van der Waals surface area (Å²) in [5.41, 5.74) is -1.21. The first-order chi connectivity index (χ1) is 11.7. The van der Waals surface area contributed by atoms with Crippen molar-refractivity contribution in [2.75, 3.05) is 6.61 Å². The van der Waals surface area contributed by atoms with Crippen LogP contribution in [0.3, 0.4) is 0 Å². The number of carbonyl (C=O) groups is 1. The third-order valence-electron chi connectivity index (χ3n) is 2.68. The van der Waals surface area contributed by atoms with Crippen molar-refractivity contribution in [1.82, 2.24) is 4.98 Å². The Labute approximate surface area is 137 Å². The van der Waals surface area contributed by atoms with Gasteiger partial charge in [-0.3, -0.25) is 10.1 Å². The Bertz CT molecular complexity index is 810. The first-order valence-corrected chi connectivity index (χ1v) is 6.48. The minimum atomic E-state index is -4.67. The number of nitro benzene ring substituents is 1. The molecule has 0 aliphatic rings. The van der Waals surface area contributed by atoms with Gasteiger partial charge < -0.3 is 9.47 Å². The molecule has 2 aromatic rings. The van der Waals surface area contributed by atoms with E-state index in [1.165, 1.54) is 6.07 Å². The van der Waals surface area contributed by atoms with Crippen molar-refractivity contribution in [3.63, 3.8) is 0 Å². The maximum absolute atomic E-state index is 13.2. The molecule has 7 nitrogen and oxygen atoms in total. The van der Waals surface area contributed by atoms with E-state index in [2.05, 4.69) is 9.72 Å². The molecule has 0 unspecified atom stereocenters. The van der Waals surface area contributed by atoms with Crippen molar-refractivity contribution in [3.8, 4) is 11.6 Å². The van der Waals surface area contributed by atoms with Crippen LogP contribution >= 0.6 is 0 Å². The van der Waals surface area contributed by atoms with Gasteiger partial charge in [-0.05, 0) is 18.2 Å². The highest BCUT2D eigenvalue weighted by Gasteiger charge is 2.30. The van der Waals surface area contributed by atoms with Crippen LogP contribution in [0.1, 0.15) is 10.4 Å². The highest BCUT2D eigenvalue weighted by Crippen LogP contribution is 2.29. The number of hydrogen-bond acceptors (Lipinski definition) is 6. The molecule has 1 aromatic carbocycles. The van der Waals surface area contributed by atoms with Crippen LogP contribution in [0.4, 0.5) is 23.2 Å². The van der Waals surface area contributed by atoms with Crippen molar-refractivity contribution >= 4 is 11.7 Å². The molecule has 0 amide bonds. The van der Waals surface area contributed by atoms with Gasteiger partial charge in [-0.1, -0.05) is 0 Å². The molecule has 1 aromatic heterocycles. The summed E-state index contributed by atoms with van der Waals surface area (Å²) in [4.78, 5) is 25.5. The quantitative estimate of drug-likeness (QED) is 0.267. The molecule has 132 valence electrons. The van der Waals surface area contributed by atoms with Gasteiger partial charge in [-0.25, -0.2) is 14.2 Å². The van der Waals surface area contributed by atoms with E-state index in [0.717, 1.165) is 24.4 Å². The third-order valence-corrected chi connectivity index (χ3v) is 2.68. The molecule has 0 radical (unpaired) electrons. The number of rotatable bonds is 5. The minimum absolute atomic E-state index is 0.509. The van der Waals surface area contributed by atoms with E-state index in [1.54, 1.807) is 0 Å². The summed E-state index contributed by atoms with van der Waals surface area (Å²) in [5, 5.41) is 10.9. The van der Waals surface area contributed by atoms with Crippen molar-refractivity contribution in [2.24, 2.45) is 0 Å². The van der Waals surface area contributed by atoms with E-state index in [4.69, 9.17) is 4.74 Å². The molecule has 0 aliphatic heterocycles. The van der Waals surface area contributed by atoms with Gasteiger partial charge in [0.05, 0.1) is 4.92 Å². The average molecular weight is 360 g/mol. The Kier molecular flexibility index (Phi) is 5.15. The largest absolute Gasteiger partial charge is 0.467 e. The summed E-state index contributed by atoms with van der Waals surface area (Å²) in [6, 6.07) is 4.44. The summed E-state index contributed by atoms with van der Waals surface area (Å²) in [5.74, 6) is -3.59. The minimum Gasteiger partial charge on any atom is -0.467 e. The second-order valence-electron chi connectivity index (χ2n) is 4.52.